The minimum Gasteiger partial charge on any atom is -0.361 e. The van der Waals surface area contributed by atoms with Crippen LogP contribution >= 0.6 is 0 Å². The Balaban J connectivity index is 0. The molecule has 0 unspecified atom stereocenters. The molecule has 2 N–H and O–H groups in total. The van der Waals surface area contributed by atoms with E-state index in [0.717, 1.165) is 11.3 Å². The molecule has 0 saturated carbocycles. The maximum atomic E-state index is 6.91. The minimum atomic E-state index is 0. The van der Waals surface area contributed by atoms with Crippen LogP contribution in [0.2, 0.25) is 0 Å². The van der Waals surface area contributed by atoms with E-state index in [4.69, 9.17) is 5.41 Å². The van der Waals surface area contributed by atoms with Gasteiger partial charge in [-0.2, -0.15) is 0 Å². The summed E-state index contributed by atoms with van der Waals surface area (Å²) in [7, 11) is 0. The molecule has 0 aliphatic carbocycles. The molecule has 0 aliphatic rings. The summed E-state index contributed by atoms with van der Waals surface area (Å²) in [6.45, 7) is 7.58. The molecule has 0 radical (unpaired) electrons. The molecule has 2 nitrogen and oxygen atoms in total. The second-order valence-electron chi connectivity index (χ2n) is 1.70. The lowest BCUT2D eigenvalue weighted by Gasteiger charge is -1.85. The number of rotatable bonds is 2. The van der Waals surface area contributed by atoms with Gasteiger partial charge in [-0.1, -0.05) is 20.4 Å². The molecule has 1 aromatic rings. The first-order valence-corrected chi connectivity index (χ1v) is 3.68. The number of aromatic amines is 1. The lowest BCUT2D eigenvalue weighted by molar-refractivity contribution is 1.37. The van der Waals surface area contributed by atoms with Gasteiger partial charge in [-0.25, -0.2) is 0 Å². The Bertz CT molecular complexity index is 206. The molecular formula is C9H16N2. The summed E-state index contributed by atoms with van der Waals surface area (Å²) in [6, 6.07) is 1.84. The molecule has 0 atom stereocenters. The lowest BCUT2D eigenvalue weighted by atomic mass is 10.2. The predicted molar refractivity (Wildman–Crippen MR) is 52.2 cm³/mol. The van der Waals surface area contributed by atoms with Gasteiger partial charge in [0.15, 0.2) is 0 Å². The van der Waals surface area contributed by atoms with Crippen LogP contribution in [-0.4, -0.2) is 11.2 Å². The third-order valence-corrected chi connectivity index (χ3v) is 1.17. The second kappa shape index (κ2) is 5.47. The highest BCUT2D eigenvalue weighted by atomic mass is 14.7. The minimum absolute atomic E-state index is 0. The van der Waals surface area contributed by atoms with Crippen molar-refractivity contribution in [2.75, 3.05) is 0 Å². The second-order valence-corrected chi connectivity index (χ2v) is 1.70. The van der Waals surface area contributed by atoms with Gasteiger partial charge in [-0.15, -0.1) is 0 Å². The SMILES string of the molecule is C=Cc1[nH]ccc1C=N.CC.[HH]. The smallest absolute Gasteiger partial charge is 0.0463 e. The maximum Gasteiger partial charge on any atom is 0.0463 e. The fourth-order valence-electron chi connectivity index (χ4n) is 0.697. The molecule has 0 spiro atoms. The Hall–Kier alpha value is -1.31. The van der Waals surface area contributed by atoms with Crippen LogP contribution in [0.15, 0.2) is 18.8 Å². The number of hydrogen-bond donors (Lipinski definition) is 2. The average molecular weight is 152 g/mol. The first kappa shape index (κ1) is 9.69. The molecule has 0 amide bonds. The van der Waals surface area contributed by atoms with Gasteiger partial charge in [-0.3, -0.25) is 0 Å². The highest BCUT2D eigenvalue weighted by Crippen LogP contribution is 2.03. The quantitative estimate of drug-likeness (QED) is 0.612. The Morgan fingerprint density at radius 2 is 2.27 bits per heavy atom. The van der Waals surface area contributed by atoms with Crippen molar-refractivity contribution >= 4 is 12.3 Å². The molecule has 2 heteroatoms. The number of H-pyrrole nitrogens is 1. The Kier molecular flexibility index (Phi) is 4.82. The monoisotopic (exact) mass is 152 g/mol. The van der Waals surface area contributed by atoms with Gasteiger partial charge in [0.25, 0.3) is 0 Å². The van der Waals surface area contributed by atoms with Crippen LogP contribution in [0.5, 0.6) is 0 Å². The fraction of sp³-hybridized carbons (Fsp3) is 0.222. The Morgan fingerprint density at radius 3 is 2.64 bits per heavy atom. The summed E-state index contributed by atoms with van der Waals surface area (Å²) in [5, 5.41) is 6.91. The highest BCUT2D eigenvalue weighted by Gasteiger charge is 1.92. The number of aromatic nitrogens is 1. The van der Waals surface area contributed by atoms with E-state index in [1.165, 1.54) is 6.21 Å². The molecule has 0 fully saturated rings. The third kappa shape index (κ3) is 2.42. The third-order valence-electron chi connectivity index (χ3n) is 1.17. The Labute approximate surface area is 69.0 Å². The van der Waals surface area contributed by atoms with Crippen molar-refractivity contribution < 1.29 is 1.43 Å². The van der Waals surface area contributed by atoms with Crippen LogP contribution in [0.25, 0.3) is 6.08 Å². The normalized spacial score (nSPS) is 7.82. The molecular weight excluding hydrogens is 136 g/mol. The van der Waals surface area contributed by atoms with Crippen molar-refractivity contribution in [1.82, 2.24) is 4.98 Å². The zero-order valence-corrected chi connectivity index (χ0v) is 7.02. The summed E-state index contributed by atoms with van der Waals surface area (Å²) in [6.07, 6.45) is 4.78. The van der Waals surface area contributed by atoms with Crippen molar-refractivity contribution in [1.29, 1.82) is 5.41 Å². The van der Waals surface area contributed by atoms with Crippen LogP contribution in [0.1, 0.15) is 26.5 Å². The van der Waals surface area contributed by atoms with Gasteiger partial charge in [0.1, 0.15) is 0 Å². The zero-order chi connectivity index (χ0) is 8.69. The summed E-state index contributed by atoms with van der Waals surface area (Å²) < 4.78 is 0. The molecule has 1 heterocycles. The van der Waals surface area contributed by atoms with Crippen molar-refractivity contribution in [3.05, 3.63) is 30.1 Å². The largest absolute Gasteiger partial charge is 0.361 e. The maximum absolute atomic E-state index is 6.91. The van der Waals surface area contributed by atoms with Crippen molar-refractivity contribution in [3.8, 4) is 0 Å². The van der Waals surface area contributed by atoms with Crippen molar-refractivity contribution in [2.45, 2.75) is 13.8 Å². The van der Waals surface area contributed by atoms with E-state index in [1.807, 2.05) is 19.9 Å². The summed E-state index contributed by atoms with van der Waals surface area (Å²) in [5.41, 5.74) is 1.79. The van der Waals surface area contributed by atoms with E-state index in [9.17, 15) is 0 Å². The van der Waals surface area contributed by atoms with E-state index in [-0.39, 0.29) is 1.43 Å². The summed E-state index contributed by atoms with van der Waals surface area (Å²) in [4.78, 5) is 2.94. The molecule has 0 aromatic carbocycles. The van der Waals surface area contributed by atoms with Gasteiger partial charge in [0.2, 0.25) is 0 Å². The highest BCUT2D eigenvalue weighted by molar-refractivity contribution is 5.82. The van der Waals surface area contributed by atoms with Crippen molar-refractivity contribution in [3.63, 3.8) is 0 Å². The molecule has 62 valence electrons. The van der Waals surface area contributed by atoms with Crippen LogP contribution in [-0.2, 0) is 0 Å². The molecule has 0 aliphatic heterocycles. The average Bonchev–Trinajstić information content (AvgIpc) is 2.54. The van der Waals surface area contributed by atoms with Crippen LogP contribution in [0, 0.1) is 5.41 Å². The van der Waals surface area contributed by atoms with Crippen LogP contribution < -0.4 is 0 Å². The number of nitrogens with one attached hydrogen (secondary N) is 2. The topological polar surface area (TPSA) is 39.6 Å². The molecule has 0 bridgehead atoms. The molecule has 11 heavy (non-hydrogen) atoms. The Morgan fingerprint density at radius 1 is 1.64 bits per heavy atom. The van der Waals surface area contributed by atoms with Gasteiger partial charge in [0.05, 0.1) is 0 Å². The first-order chi connectivity index (χ1) is 5.38. The van der Waals surface area contributed by atoms with Crippen LogP contribution in [0.4, 0.5) is 0 Å². The van der Waals surface area contributed by atoms with E-state index < -0.39 is 0 Å². The lowest BCUT2D eigenvalue weighted by Crippen LogP contribution is -1.78. The standard InChI is InChI=1S/C7H8N2.C2H6.H2/c1-2-7-6(5-8)3-4-9-7;1-2;/h2-5,8-9H,1H2;1-2H3;1H. The number of hydrogen-bond acceptors (Lipinski definition) is 1. The predicted octanol–water partition coefficient (Wildman–Crippen LogP) is 2.93. The van der Waals surface area contributed by atoms with Gasteiger partial charge in [-0.05, 0) is 12.1 Å². The fourth-order valence-corrected chi connectivity index (χ4v) is 0.697. The van der Waals surface area contributed by atoms with Gasteiger partial charge >= 0.3 is 0 Å². The summed E-state index contributed by atoms with van der Waals surface area (Å²) in [5.74, 6) is 0. The van der Waals surface area contributed by atoms with Gasteiger partial charge < -0.3 is 10.4 Å². The van der Waals surface area contributed by atoms with E-state index in [2.05, 4.69) is 11.6 Å². The van der Waals surface area contributed by atoms with Crippen molar-refractivity contribution in [2.24, 2.45) is 0 Å². The zero-order valence-electron chi connectivity index (χ0n) is 7.02. The van der Waals surface area contributed by atoms with Crippen LogP contribution in [0.3, 0.4) is 0 Å². The van der Waals surface area contributed by atoms with E-state index >= 15 is 0 Å². The molecule has 1 rings (SSSR count). The molecule has 0 saturated heterocycles. The first-order valence-electron chi connectivity index (χ1n) is 3.68. The molecule has 1 aromatic heterocycles. The van der Waals surface area contributed by atoms with E-state index in [1.54, 1.807) is 12.3 Å². The van der Waals surface area contributed by atoms with Gasteiger partial charge in [0, 0.05) is 25.1 Å². The van der Waals surface area contributed by atoms with E-state index in [0.29, 0.717) is 0 Å². The summed E-state index contributed by atoms with van der Waals surface area (Å²) >= 11 is 0.